The van der Waals surface area contributed by atoms with Crippen LogP contribution in [-0.4, -0.2) is 23.1 Å². The van der Waals surface area contributed by atoms with E-state index in [0.717, 1.165) is 31.2 Å². The second kappa shape index (κ2) is 5.79. The fourth-order valence-corrected chi connectivity index (χ4v) is 3.00. The highest BCUT2D eigenvalue weighted by Crippen LogP contribution is 2.43. The van der Waals surface area contributed by atoms with E-state index < -0.39 is 4.92 Å². The van der Waals surface area contributed by atoms with Gasteiger partial charge < -0.3 is 9.47 Å². The van der Waals surface area contributed by atoms with Crippen LogP contribution in [0.15, 0.2) is 18.3 Å². The molecule has 0 atom stereocenters. The number of aromatic nitrogens is 1. The number of aryl methyl sites for hydroxylation is 1. The Balaban J connectivity index is 2.24. The highest BCUT2D eigenvalue weighted by atomic mass is 16.6. The van der Waals surface area contributed by atoms with E-state index in [0.29, 0.717) is 22.4 Å². The number of hydrogen-bond acceptors (Lipinski definition) is 5. The Morgan fingerprint density at radius 3 is 2.73 bits per heavy atom. The van der Waals surface area contributed by atoms with Crippen molar-refractivity contribution in [3.63, 3.8) is 0 Å². The van der Waals surface area contributed by atoms with Crippen LogP contribution in [0.4, 0.5) is 5.69 Å². The van der Waals surface area contributed by atoms with Crippen LogP contribution in [0, 0.1) is 17.0 Å². The number of rotatable bonds is 4. The molecule has 0 unspecified atom stereocenters. The molecule has 116 valence electrons. The first-order valence-corrected chi connectivity index (χ1v) is 7.39. The SMILES string of the molecule is COc1cc([N+](=O)[O-])c2nccc(C)c2c1OC1CCCC1. The van der Waals surface area contributed by atoms with Gasteiger partial charge in [0.15, 0.2) is 17.0 Å². The molecular formula is C16H18N2O4. The van der Waals surface area contributed by atoms with Crippen molar-refractivity contribution < 1.29 is 14.4 Å². The third-order valence-corrected chi connectivity index (χ3v) is 4.12. The zero-order valence-electron chi connectivity index (χ0n) is 12.7. The molecule has 6 nitrogen and oxygen atoms in total. The van der Waals surface area contributed by atoms with E-state index in [2.05, 4.69) is 4.98 Å². The molecule has 0 spiro atoms. The van der Waals surface area contributed by atoms with Crippen molar-refractivity contribution in [2.45, 2.75) is 38.7 Å². The van der Waals surface area contributed by atoms with E-state index in [9.17, 15) is 10.1 Å². The summed E-state index contributed by atoms with van der Waals surface area (Å²) in [6.45, 7) is 1.90. The average molecular weight is 302 g/mol. The van der Waals surface area contributed by atoms with E-state index >= 15 is 0 Å². The number of nitrogens with zero attached hydrogens (tertiary/aromatic N) is 2. The summed E-state index contributed by atoms with van der Waals surface area (Å²) in [5.41, 5.74) is 1.17. The van der Waals surface area contributed by atoms with Crippen LogP contribution < -0.4 is 9.47 Å². The highest BCUT2D eigenvalue weighted by molar-refractivity contribution is 5.96. The van der Waals surface area contributed by atoms with Crippen LogP contribution in [-0.2, 0) is 0 Å². The summed E-state index contributed by atoms with van der Waals surface area (Å²) in [6.07, 6.45) is 6.01. The zero-order valence-corrected chi connectivity index (χ0v) is 12.7. The second-order valence-electron chi connectivity index (χ2n) is 5.56. The van der Waals surface area contributed by atoms with Gasteiger partial charge in [0.05, 0.1) is 29.6 Å². The minimum absolute atomic E-state index is 0.0608. The van der Waals surface area contributed by atoms with Gasteiger partial charge in [0.1, 0.15) is 0 Å². The van der Waals surface area contributed by atoms with Gasteiger partial charge in [-0.05, 0) is 44.2 Å². The zero-order chi connectivity index (χ0) is 15.7. The average Bonchev–Trinajstić information content (AvgIpc) is 3.00. The lowest BCUT2D eigenvalue weighted by Crippen LogP contribution is -2.12. The lowest BCUT2D eigenvalue weighted by molar-refractivity contribution is -0.383. The number of benzene rings is 1. The smallest absolute Gasteiger partial charge is 0.299 e. The Bertz CT molecular complexity index is 724. The van der Waals surface area contributed by atoms with Crippen molar-refractivity contribution in [1.82, 2.24) is 4.98 Å². The molecule has 1 aliphatic rings. The Morgan fingerprint density at radius 2 is 2.09 bits per heavy atom. The molecule has 1 aromatic carbocycles. The lowest BCUT2D eigenvalue weighted by Gasteiger charge is -2.18. The molecule has 0 bridgehead atoms. The number of nitro benzene ring substituents is 1. The maximum atomic E-state index is 11.3. The number of nitro groups is 1. The minimum atomic E-state index is -0.434. The quantitative estimate of drug-likeness (QED) is 0.634. The molecule has 0 amide bonds. The minimum Gasteiger partial charge on any atom is -0.493 e. The first-order chi connectivity index (χ1) is 10.6. The molecule has 2 aromatic rings. The van der Waals surface area contributed by atoms with Crippen LogP contribution in [0.3, 0.4) is 0 Å². The van der Waals surface area contributed by atoms with E-state index in [1.807, 2.05) is 13.0 Å². The summed E-state index contributed by atoms with van der Waals surface area (Å²) >= 11 is 0. The molecule has 1 fully saturated rings. The summed E-state index contributed by atoms with van der Waals surface area (Å²) in [5.74, 6) is 0.961. The van der Waals surface area contributed by atoms with E-state index in [1.54, 1.807) is 6.20 Å². The lowest BCUT2D eigenvalue weighted by atomic mass is 10.1. The van der Waals surface area contributed by atoms with Crippen molar-refractivity contribution in [3.05, 3.63) is 34.0 Å². The maximum absolute atomic E-state index is 11.3. The van der Waals surface area contributed by atoms with Crippen molar-refractivity contribution in [2.24, 2.45) is 0 Å². The number of fused-ring (bicyclic) bond motifs is 1. The topological polar surface area (TPSA) is 74.5 Å². The first kappa shape index (κ1) is 14.6. The van der Waals surface area contributed by atoms with Gasteiger partial charge in [0.2, 0.25) is 0 Å². The van der Waals surface area contributed by atoms with Gasteiger partial charge in [-0.15, -0.1) is 0 Å². The monoisotopic (exact) mass is 302 g/mol. The van der Waals surface area contributed by atoms with Crippen LogP contribution in [0.2, 0.25) is 0 Å². The second-order valence-corrected chi connectivity index (χ2v) is 5.56. The summed E-state index contributed by atoms with van der Waals surface area (Å²) in [4.78, 5) is 15.1. The van der Waals surface area contributed by atoms with Gasteiger partial charge in [-0.25, -0.2) is 4.98 Å². The normalized spacial score (nSPS) is 15.2. The van der Waals surface area contributed by atoms with Crippen molar-refractivity contribution in [3.8, 4) is 11.5 Å². The summed E-state index contributed by atoms with van der Waals surface area (Å²) in [6, 6.07) is 3.23. The fraction of sp³-hybridized carbons (Fsp3) is 0.438. The number of hydrogen-bond donors (Lipinski definition) is 0. The van der Waals surface area contributed by atoms with Crippen molar-refractivity contribution in [1.29, 1.82) is 0 Å². The molecular weight excluding hydrogens is 284 g/mol. The molecule has 1 aliphatic carbocycles. The van der Waals surface area contributed by atoms with Crippen LogP contribution in [0.25, 0.3) is 10.9 Å². The predicted octanol–water partition coefficient (Wildman–Crippen LogP) is 3.78. The Hall–Kier alpha value is -2.37. The summed E-state index contributed by atoms with van der Waals surface area (Å²) in [7, 11) is 1.50. The number of ether oxygens (including phenoxy) is 2. The molecule has 0 N–H and O–H groups in total. The molecule has 22 heavy (non-hydrogen) atoms. The predicted molar refractivity (Wildman–Crippen MR) is 82.6 cm³/mol. The molecule has 6 heteroatoms. The largest absolute Gasteiger partial charge is 0.493 e. The van der Waals surface area contributed by atoms with E-state index in [4.69, 9.17) is 9.47 Å². The molecule has 1 heterocycles. The molecule has 0 saturated heterocycles. The van der Waals surface area contributed by atoms with Crippen LogP contribution >= 0.6 is 0 Å². The Kier molecular flexibility index (Phi) is 3.83. The molecule has 1 saturated carbocycles. The van der Waals surface area contributed by atoms with Crippen LogP contribution in [0.1, 0.15) is 31.2 Å². The maximum Gasteiger partial charge on any atom is 0.299 e. The van der Waals surface area contributed by atoms with Gasteiger partial charge in [0.25, 0.3) is 5.69 Å². The Morgan fingerprint density at radius 1 is 1.36 bits per heavy atom. The van der Waals surface area contributed by atoms with Gasteiger partial charge in [0, 0.05) is 6.20 Å². The highest BCUT2D eigenvalue weighted by Gasteiger charge is 2.26. The van der Waals surface area contributed by atoms with Gasteiger partial charge >= 0.3 is 0 Å². The van der Waals surface area contributed by atoms with Crippen LogP contribution in [0.5, 0.6) is 11.5 Å². The molecule has 0 radical (unpaired) electrons. The van der Waals surface area contributed by atoms with E-state index in [1.165, 1.54) is 13.2 Å². The first-order valence-electron chi connectivity index (χ1n) is 7.39. The van der Waals surface area contributed by atoms with Gasteiger partial charge in [-0.1, -0.05) is 0 Å². The third kappa shape index (κ3) is 2.45. The number of pyridine rings is 1. The van der Waals surface area contributed by atoms with Crippen molar-refractivity contribution >= 4 is 16.6 Å². The summed E-state index contributed by atoms with van der Waals surface area (Å²) < 4.78 is 11.5. The van der Waals surface area contributed by atoms with E-state index in [-0.39, 0.29) is 11.8 Å². The molecule has 3 rings (SSSR count). The van der Waals surface area contributed by atoms with Crippen molar-refractivity contribution in [2.75, 3.05) is 7.11 Å². The fourth-order valence-electron chi connectivity index (χ4n) is 3.00. The molecule has 1 aromatic heterocycles. The Labute approximate surface area is 128 Å². The molecule has 0 aliphatic heterocycles. The van der Waals surface area contributed by atoms with Gasteiger partial charge in [-0.2, -0.15) is 0 Å². The number of methoxy groups -OCH3 is 1. The summed E-state index contributed by atoms with van der Waals surface area (Å²) in [5, 5.41) is 12.0. The third-order valence-electron chi connectivity index (χ3n) is 4.12. The number of non-ortho nitro benzene ring substituents is 1. The van der Waals surface area contributed by atoms with Gasteiger partial charge in [-0.3, -0.25) is 10.1 Å². The standard InChI is InChI=1S/C16H18N2O4/c1-10-7-8-17-15-12(18(19)20)9-13(21-2)16(14(10)15)22-11-5-3-4-6-11/h7-9,11H,3-6H2,1-2H3.